The minimum absolute atomic E-state index is 0.0666. The Morgan fingerprint density at radius 3 is 2.52 bits per heavy atom. The van der Waals surface area contributed by atoms with Gasteiger partial charge in [-0.25, -0.2) is 8.42 Å². The maximum absolute atomic E-state index is 12.6. The van der Waals surface area contributed by atoms with Gasteiger partial charge in [0.25, 0.3) is 15.9 Å². The molecular weight excluding hydrogens is 336 g/mol. The van der Waals surface area contributed by atoms with Crippen LogP contribution < -0.4 is 10.0 Å². The Hall–Kier alpha value is -2.34. The van der Waals surface area contributed by atoms with E-state index in [1.54, 1.807) is 24.3 Å². The first-order valence-electron chi connectivity index (χ1n) is 8.41. The van der Waals surface area contributed by atoms with Crippen LogP contribution in [0.2, 0.25) is 0 Å². The SMILES string of the molecule is CCCCCNC(=O)c1cccc(S(=O)(=O)Nc2ccccc2C)c1. The smallest absolute Gasteiger partial charge is 0.261 e. The van der Waals surface area contributed by atoms with E-state index in [1.165, 1.54) is 12.1 Å². The monoisotopic (exact) mass is 360 g/mol. The molecule has 0 aliphatic carbocycles. The van der Waals surface area contributed by atoms with E-state index in [-0.39, 0.29) is 10.8 Å². The first-order chi connectivity index (χ1) is 11.9. The summed E-state index contributed by atoms with van der Waals surface area (Å²) < 4.78 is 27.7. The molecule has 0 spiro atoms. The number of carbonyl (C=O) groups is 1. The molecule has 0 aliphatic rings. The number of unbranched alkanes of at least 4 members (excludes halogenated alkanes) is 2. The van der Waals surface area contributed by atoms with Gasteiger partial charge in [-0.15, -0.1) is 0 Å². The second-order valence-corrected chi connectivity index (χ2v) is 7.59. The molecule has 2 N–H and O–H groups in total. The summed E-state index contributed by atoms with van der Waals surface area (Å²) in [7, 11) is -3.75. The summed E-state index contributed by atoms with van der Waals surface area (Å²) in [5.41, 5.74) is 1.69. The van der Waals surface area contributed by atoms with Crippen LogP contribution in [0.15, 0.2) is 53.4 Å². The summed E-state index contributed by atoms with van der Waals surface area (Å²) in [6, 6.07) is 13.2. The lowest BCUT2D eigenvalue weighted by molar-refractivity contribution is 0.0952. The van der Waals surface area contributed by atoms with Gasteiger partial charge in [0.15, 0.2) is 0 Å². The van der Waals surface area contributed by atoms with Crippen LogP contribution in [-0.4, -0.2) is 20.9 Å². The van der Waals surface area contributed by atoms with E-state index in [0.29, 0.717) is 17.8 Å². The van der Waals surface area contributed by atoms with Crippen LogP contribution >= 0.6 is 0 Å². The van der Waals surface area contributed by atoms with Gasteiger partial charge in [-0.2, -0.15) is 0 Å². The molecule has 2 aromatic carbocycles. The molecule has 25 heavy (non-hydrogen) atoms. The standard InChI is InChI=1S/C19H24N2O3S/c1-3-4-7-13-20-19(22)16-10-8-11-17(14-16)25(23,24)21-18-12-6-5-9-15(18)2/h5-6,8-12,14,21H,3-4,7,13H2,1-2H3,(H,20,22). The Morgan fingerprint density at radius 2 is 1.80 bits per heavy atom. The van der Waals surface area contributed by atoms with E-state index in [1.807, 2.05) is 19.1 Å². The molecule has 0 radical (unpaired) electrons. The number of anilines is 1. The summed E-state index contributed by atoms with van der Waals surface area (Å²) in [5, 5.41) is 2.82. The van der Waals surface area contributed by atoms with Crippen molar-refractivity contribution in [2.45, 2.75) is 38.0 Å². The van der Waals surface area contributed by atoms with Crippen LogP contribution in [0.3, 0.4) is 0 Å². The molecule has 2 rings (SSSR count). The van der Waals surface area contributed by atoms with Crippen molar-refractivity contribution in [3.63, 3.8) is 0 Å². The molecule has 0 unspecified atom stereocenters. The number of para-hydroxylation sites is 1. The maximum atomic E-state index is 12.6. The Labute approximate surface area is 149 Å². The van der Waals surface area contributed by atoms with Crippen molar-refractivity contribution in [3.8, 4) is 0 Å². The Balaban J connectivity index is 2.14. The lowest BCUT2D eigenvalue weighted by Crippen LogP contribution is -2.24. The average molecular weight is 360 g/mol. The third kappa shape index (κ3) is 5.32. The molecular formula is C19H24N2O3S. The summed E-state index contributed by atoms with van der Waals surface area (Å²) in [6.07, 6.45) is 3.04. The first-order valence-corrected chi connectivity index (χ1v) is 9.89. The van der Waals surface area contributed by atoms with Gasteiger partial charge in [-0.3, -0.25) is 9.52 Å². The van der Waals surface area contributed by atoms with Crippen molar-refractivity contribution in [1.29, 1.82) is 0 Å². The topological polar surface area (TPSA) is 75.3 Å². The number of nitrogens with one attached hydrogen (secondary N) is 2. The van der Waals surface area contributed by atoms with Crippen molar-refractivity contribution >= 4 is 21.6 Å². The third-order valence-electron chi connectivity index (χ3n) is 3.86. The van der Waals surface area contributed by atoms with Crippen LogP contribution in [-0.2, 0) is 10.0 Å². The average Bonchev–Trinajstić information content (AvgIpc) is 2.60. The number of rotatable bonds is 8. The number of aryl methyl sites for hydroxylation is 1. The van der Waals surface area contributed by atoms with Crippen LogP contribution in [0.25, 0.3) is 0 Å². The molecule has 0 bridgehead atoms. The lowest BCUT2D eigenvalue weighted by atomic mass is 10.2. The van der Waals surface area contributed by atoms with Gasteiger partial charge in [0.1, 0.15) is 0 Å². The van der Waals surface area contributed by atoms with Gasteiger partial charge in [-0.1, -0.05) is 44.0 Å². The number of hydrogen-bond acceptors (Lipinski definition) is 3. The molecule has 0 aliphatic heterocycles. The highest BCUT2D eigenvalue weighted by atomic mass is 32.2. The van der Waals surface area contributed by atoms with E-state index >= 15 is 0 Å². The first kappa shape index (κ1) is 19.0. The third-order valence-corrected chi connectivity index (χ3v) is 5.22. The second kappa shape index (κ2) is 8.67. The fourth-order valence-electron chi connectivity index (χ4n) is 2.37. The van der Waals surface area contributed by atoms with E-state index < -0.39 is 10.0 Å². The number of amides is 1. The molecule has 0 saturated carbocycles. The van der Waals surface area contributed by atoms with E-state index in [4.69, 9.17) is 0 Å². The zero-order chi connectivity index (χ0) is 18.3. The highest BCUT2D eigenvalue weighted by molar-refractivity contribution is 7.92. The molecule has 6 heteroatoms. The van der Waals surface area contributed by atoms with Crippen molar-refractivity contribution in [1.82, 2.24) is 5.32 Å². The molecule has 2 aromatic rings. The van der Waals surface area contributed by atoms with E-state index in [0.717, 1.165) is 24.8 Å². The zero-order valence-corrected chi connectivity index (χ0v) is 15.4. The van der Waals surface area contributed by atoms with E-state index in [2.05, 4.69) is 17.0 Å². The van der Waals surface area contributed by atoms with Gasteiger partial charge in [0, 0.05) is 12.1 Å². The van der Waals surface area contributed by atoms with Gasteiger partial charge in [0.2, 0.25) is 0 Å². The van der Waals surface area contributed by atoms with Crippen LogP contribution in [0.1, 0.15) is 42.1 Å². The van der Waals surface area contributed by atoms with Gasteiger partial charge in [-0.05, 0) is 43.2 Å². The zero-order valence-electron chi connectivity index (χ0n) is 14.6. The summed E-state index contributed by atoms with van der Waals surface area (Å²) >= 11 is 0. The van der Waals surface area contributed by atoms with Crippen molar-refractivity contribution in [2.24, 2.45) is 0 Å². The summed E-state index contributed by atoms with van der Waals surface area (Å²) in [5.74, 6) is -0.260. The molecule has 0 saturated heterocycles. The van der Waals surface area contributed by atoms with Gasteiger partial charge in [0.05, 0.1) is 10.6 Å². The molecule has 1 amide bonds. The van der Waals surface area contributed by atoms with Gasteiger partial charge >= 0.3 is 0 Å². The fraction of sp³-hybridized carbons (Fsp3) is 0.316. The fourth-order valence-corrected chi connectivity index (χ4v) is 3.55. The number of sulfonamides is 1. The highest BCUT2D eigenvalue weighted by Gasteiger charge is 2.17. The Kier molecular flexibility index (Phi) is 6.58. The number of hydrogen-bond donors (Lipinski definition) is 2. The molecule has 0 heterocycles. The molecule has 0 atom stereocenters. The van der Waals surface area contributed by atoms with Crippen molar-refractivity contribution < 1.29 is 13.2 Å². The maximum Gasteiger partial charge on any atom is 0.261 e. The quantitative estimate of drug-likeness (QED) is 0.705. The molecule has 5 nitrogen and oxygen atoms in total. The molecule has 134 valence electrons. The van der Waals surface area contributed by atoms with Crippen LogP contribution in [0.5, 0.6) is 0 Å². The molecule has 0 aromatic heterocycles. The lowest BCUT2D eigenvalue weighted by Gasteiger charge is -2.11. The predicted molar refractivity (Wildman–Crippen MR) is 100 cm³/mol. The van der Waals surface area contributed by atoms with E-state index in [9.17, 15) is 13.2 Å². The second-order valence-electron chi connectivity index (χ2n) is 5.91. The highest BCUT2D eigenvalue weighted by Crippen LogP contribution is 2.20. The normalized spacial score (nSPS) is 11.1. The number of carbonyl (C=O) groups excluding carboxylic acids is 1. The number of benzene rings is 2. The Morgan fingerprint density at radius 1 is 1.04 bits per heavy atom. The summed E-state index contributed by atoms with van der Waals surface area (Å²) in [6.45, 7) is 4.51. The van der Waals surface area contributed by atoms with Crippen LogP contribution in [0, 0.1) is 6.92 Å². The Bertz CT molecular complexity index is 832. The van der Waals surface area contributed by atoms with Crippen molar-refractivity contribution in [2.75, 3.05) is 11.3 Å². The largest absolute Gasteiger partial charge is 0.352 e. The predicted octanol–water partition coefficient (Wildman–Crippen LogP) is 3.72. The molecule has 0 fully saturated rings. The summed E-state index contributed by atoms with van der Waals surface area (Å²) in [4.78, 5) is 12.2. The van der Waals surface area contributed by atoms with Crippen molar-refractivity contribution in [3.05, 3.63) is 59.7 Å². The van der Waals surface area contributed by atoms with Crippen LogP contribution in [0.4, 0.5) is 5.69 Å². The van der Waals surface area contributed by atoms with Gasteiger partial charge < -0.3 is 5.32 Å². The minimum atomic E-state index is -3.75. The minimum Gasteiger partial charge on any atom is -0.352 e.